The van der Waals surface area contributed by atoms with Crippen molar-refractivity contribution in [3.63, 3.8) is 0 Å². The van der Waals surface area contributed by atoms with Crippen molar-refractivity contribution in [1.82, 2.24) is 0 Å². The molecule has 0 radical (unpaired) electrons. The first-order chi connectivity index (χ1) is 10.0. The first-order valence-corrected chi connectivity index (χ1v) is 6.72. The van der Waals surface area contributed by atoms with Gasteiger partial charge in [-0.3, -0.25) is 0 Å². The smallest absolute Gasteiger partial charge is 0.173 e. The molecule has 0 bridgehead atoms. The third kappa shape index (κ3) is 3.56. The standard InChI is InChI=1S/C14H12Cl2FN3O/c15-9-4-5-12(11(16)6-9)19-7-8-2-1-3-10(13(8)17)14(18)20-21/h1-6,19,21H,7H2,(H2,18,20). The van der Waals surface area contributed by atoms with E-state index in [9.17, 15) is 4.39 Å². The molecule has 0 amide bonds. The molecule has 2 aromatic carbocycles. The van der Waals surface area contributed by atoms with Crippen molar-refractivity contribution in [2.75, 3.05) is 5.32 Å². The van der Waals surface area contributed by atoms with Crippen LogP contribution in [0.25, 0.3) is 0 Å². The molecular weight excluding hydrogens is 316 g/mol. The van der Waals surface area contributed by atoms with E-state index in [4.69, 9.17) is 34.1 Å². The third-order valence-corrected chi connectivity index (χ3v) is 3.41. The van der Waals surface area contributed by atoms with Gasteiger partial charge in [-0.2, -0.15) is 0 Å². The van der Waals surface area contributed by atoms with E-state index in [2.05, 4.69) is 10.5 Å². The molecule has 4 nitrogen and oxygen atoms in total. The van der Waals surface area contributed by atoms with Gasteiger partial charge >= 0.3 is 0 Å². The Morgan fingerprint density at radius 1 is 1.29 bits per heavy atom. The number of benzene rings is 2. The van der Waals surface area contributed by atoms with Crippen molar-refractivity contribution >= 4 is 34.7 Å². The number of halogens is 3. The van der Waals surface area contributed by atoms with E-state index in [1.54, 1.807) is 30.3 Å². The Kier molecular flexibility index (Phi) is 4.88. The van der Waals surface area contributed by atoms with E-state index in [0.717, 1.165) is 0 Å². The highest BCUT2D eigenvalue weighted by Gasteiger charge is 2.11. The van der Waals surface area contributed by atoms with Crippen molar-refractivity contribution < 1.29 is 9.60 Å². The van der Waals surface area contributed by atoms with Gasteiger partial charge in [0.05, 0.1) is 16.3 Å². The number of anilines is 1. The summed E-state index contributed by atoms with van der Waals surface area (Å²) < 4.78 is 14.2. The summed E-state index contributed by atoms with van der Waals surface area (Å²) in [5.41, 5.74) is 6.46. The molecule has 21 heavy (non-hydrogen) atoms. The zero-order chi connectivity index (χ0) is 15.4. The highest BCUT2D eigenvalue weighted by molar-refractivity contribution is 6.36. The van der Waals surface area contributed by atoms with Crippen molar-refractivity contribution in [2.24, 2.45) is 10.9 Å². The maximum absolute atomic E-state index is 14.2. The molecule has 2 rings (SSSR count). The molecular formula is C14H12Cl2FN3O. The van der Waals surface area contributed by atoms with Gasteiger partial charge in [0.2, 0.25) is 0 Å². The highest BCUT2D eigenvalue weighted by atomic mass is 35.5. The van der Waals surface area contributed by atoms with E-state index < -0.39 is 5.82 Å². The number of rotatable bonds is 4. The lowest BCUT2D eigenvalue weighted by molar-refractivity contribution is 0.318. The number of nitrogens with one attached hydrogen (secondary N) is 1. The number of hydrogen-bond donors (Lipinski definition) is 3. The van der Waals surface area contributed by atoms with Crippen LogP contribution in [0.3, 0.4) is 0 Å². The van der Waals surface area contributed by atoms with Gasteiger partial charge in [-0.15, -0.1) is 0 Å². The predicted molar refractivity (Wildman–Crippen MR) is 82.7 cm³/mol. The summed E-state index contributed by atoms with van der Waals surface area (Å²) in [4.78, 5) is 0. The van der Waals surface area contributed by atoms with E-state index in [1.807, 2.05) is 0 Å². The van der Waals surface area contributed by atoms with Gasteiger partial charge in [0.1, 0.15) is 5.82 Å². The molecule has 0 aliphatic carbocycles. The van der Waals surface area contributed by atoms with Crippen LogP contribution >= 0.6 is 23.2 Å². The quantitative estimate of drug-likeness (QED) is 0.346. The second-order valence-electron chi connectivity index (χ2n) is 4.24. The summed E-state index contributed by atoms with van der Waals surface area (Å²) in [6.07, 6.45) is 0. The van der Waals surface area contributed by atoms with Crippen LogP contribution in [0, 0.1) is 5.82 Å². The van der Waals surface area contributed by atoms with Gasteiger partial charge in [-0.1, -0.05) is 40.5 Å². The van der Waals surface area contributed by atoms with Crippen LogP contribution in [0.2, 0.25) is 10.0 Å². The molecule has 2 aromatic rings. The molecule has 4 N–H and O–H groups in total. The predicted octanol–water partition coefficient (Wildman–Crippen LogP) is 3.84. The van der Waals surface area contributed by atoms with Gasteiger partial charge in [0, 0.05) is 17.1 Å². The summed E-state index contributed by atoms with van der Waals surface area (Å²) >= 11 is 11.8. The van der Waals surface area contributed by atoms with E-state index in [-0.39, 0.29) is 17.9 Å². The largest absolute Gasteiger partial charge is 0.409 e. The zero-order valence-electron chi connectivity index (χ0n) is 10.8. The number of hydrogen-bond acceptors (Lipinski definition) is 3. The monoisotopic (exact) mass is 327 g/mol. The van der Waals surface area contributed by atoms with Crippen molar-refractivity contribution in [3.8, 4) is 0 Å². The average Bonchev–Trinajstić information content (AvgIpc) is 2.47. The third-order valence-electron chi connectivity index (χ3n) is 2.86. The molecule has 7 heteroatoms. The van der Waals surface area contributed by atoms with Crippen LogP contribution in [-0.2, 0) is 6.54 Å². The summed E-state index contributed by atoms with van der Waals surface area (Å²) in [6, 6.07) is 9.63. The number of oxime groups is 1. The first kappa shape index (κ1) is 15.4. The van der Waals surface area contributed by atoms with Crippen LogP contribution in [0.1, 0.15) is 11.1 Å². The summed E-state index contributed by atoms with van der Waals surface area (Å²) in [5.74, 6) is -0.829. The Balaban J connectivity index is 2.21. The van der Waals surface area contributed by atoms with Crippen LogP contribution in [0.5, 0.6) is 0 Å². The molecule has 0 unspecified atom stereocenters. The topological polar surface area (TPSA) is 70.6 Å². The van der Waals surface area contributed by atoms with E-state index in [0.29, 0.717) is 21.3 Å². The lowest BCUT2D eigenvalue weighted by atomic mass is 10.1. The van der Waals surface area contributed by atoms with Gasteiger partial charge < -0.3 is 16.3 Å². The fourth-order valence-corrected chi connectivity index (χ4v) is 2.27. The maximum Gasteiger partial charge on any atom is 0.173 e. The Labute approximate surface area is 131 Å². The number of amidine groups is 1. The Hall–Kier alpha value is -1.98. The van der Waals surface area contributed by atoms with Crippen molar-refractivity contribution in [3.05, 3.63) is 63.4 Å². The average molecular weight is 328 g/mol. The fraction of sp³-hybridized carbons (Fsp3) is 0.0714. The van der Waals surface area contributed by atoms with Crippen LogP contribution in [0.15, 0.2) is 41.6 Å². The van der Waals surface area contributed by atoms with Crippen molar-refractivity contribution in [1.29, 1.82) is 0 Å². The molecule has 0 spiro atoms. The van der Waals surface area contributed by atoms with Gasteiger partial charge in [0.25, 0.3) is 0 Å². The second-order valence-corrected chi connectivity index (χ2v) is 5.09. The summed E-state index contributed by atoms with van der Waals surface area (Å²) in [6.45, 7) is 0.194. The Morgan fingerprint density at radius 2 is 2.05 bits per heavy atom. The van der Waals surface area contributed by atoms with Gasteiger partial charge in [-0.25, -0.2) is 4.39 Å². The molecule has 0 heterocycles. The SMILES string of the molecule is N/C(=N/O)c1cccc(CNc2ccc(Cl)cc2Cl)c1F. The maximum atomic E-state index is 14.2. The normalized spacial score (nSPS) is 11.5. The minimum absolute atomic E-state index is 0.0407. The minimum Gasteiger partial charge on any atom is -0.409 e. The Morgan fingerprint density at radius 3 is 2.71 bits per heavy atom. The van der Waals surface area contributed by atoms with Crippen LogP contribution in [0.4, 0.5) is 10.1 Å². The lowest BCUT2D eigenvalue weighted by Gasteiger charge is -2.11. The molecule has 0 saturated heterocycles. The van der Waals surface area contributed by atoms with Crippen LogP contribution < -0.4 is 11.1 Å². The molecule has 0 aromatic heterocycles. The van der Waals surface area contributed by atoms with Gasteiger partial charge in [0.15, 0.2) is 5.84 Å². The number of nitrogens with zero attached hydrogens (tertiary/aromatic N) is 1. The second kappa shape index (κ2) is 6.65. The highest BCUT2D eigenvalue weighted by Crippen LogP contribution is 2.26. The first-order valence-electron chi connectivity index (χ1n) is 5.97. The minimum atomic E-state index is -0.551. The molecule has 0 atom stereocenters. The summed E-state index contributed by atoms with van der Waals surface area (Å²) in [7, 11) is 0. The zero-order valence-corrected chi connectivity index (χ0v) is 12.3. The lowest BCUT2D eigenvalue weighted by Crippen LogP contribution is -2.16. The van der Waals surface area contributed by atoms with Crippen LogP contribution in [-0.4, -0.2) is 11.0 Å². The van der Waals surface area contributed by atoms with E-state index >= 15 is 0 Å². The Bertz CT molecular complexity index is 692. The summed E-state index contributed by atoms with van der Waals surface area (Å²) in [5, 5.41) is 15.4. The molecule has 110 valence electrons. The number of nitrogens with two attached hydrogens (primary N) is 1. The fourth-order valence-electron chi connectivity index (χ4n) is 1.79. The molecule has 0 fully saturated rings. The van der Waals surface area contributed by atoms with Gasteiger partial charge in [-0.05, 0) is 24.3 Å². The molecule has 0 aliphatic heterocycles. The van der Waals surface area contributed by atoms with Crippen molar-refractivity contribution in [2.45, 2.75) is 6.54 Å². The molecule has 0 saturated carbocycles. The van der Waals surface area contributed by atoms with E-state index in [1.165, 1.54) is 6.07 Å². The molecule has 0 aliphatic rings.